The maximum absolute atomic E-state index is 13.0. The van der Waals surface area contributed by atoms with Crippen LogP contribution in [0, 0.1) is 27.7 Å². The summed E-state index contributed by atoms with van der Waals surface area (Å²) in [6, 6.07) is 18.5. The van der Waals surface area contributed by atoms with Gasteiger partial charge in [0.2, 0.25) is 17.7 Å². The summed E-state index contributed by atoms with van der Waals surface area (Å²) in [6.07, 6.45) is 0. The van der Waals surface area contributed by atoms with E-state index in [0.29, 0.717) is 12.1 Å². The Balaban J connectivity index is 1.77. The molecule has 0 atom stereocenters. The van der Waals surface area contributed by atoms with Crippen molar-refractivity contribution in [3.63, 3.8) is 0 Å². The summed E-state index contributed by atoms with van der Waals surface area (Å²) in [4.78, 5) is 39.1. The predicted molar refractivity (Wildman–Crippen MR) is 139 cm³/mol. The second kappa shape index (κ2) is 11.4. The standard InChI is InChI=1S/C28H32N4O3/c1-18-7-5-8-19(2)26(18)30-24(33)16-32(15-22-11-13-23(14-12-22)28(29)35)17-25(34)31-27-20(3)9-6-10-21(27)4/h5-14H,15-17H2,1-4H3,(H2,29,35)(H,30,33)(H,31,34). The van der Waals surface area contributed by atoms with Crippen LogP contribution in [0.2, 0.25) is 0 Å². The fourth-order valence-electron chi connectivity index (χ4n) is 3.99. The number of nitrogens with one attached hydrogen (secondary N) is 2. The van der Waals surface area contributed by atoms with Crippen LogP contribution in [0.1, 0.15) is 38.2 Å². The minimum atomic E-state index is -0.505. The first-order valence-corrected chi connectivity index (χ1v) is 11.5. The third-order valence-electron chi connectivity index (χ3n) is 5.87. The van der Waals surface area contributed by atoms with Crippen molar-refractivity contribution in [2.75, 3.05) is 23.7 Å². The van der Waals surface area contributed by atoms with Gasteiger partial charge in [0.1, 0.15) is 0 Å². The lowest BCUT2D eigenvalue weighted by Gasteiger charge is -2.23. The van der Waals surface area contributed by atoms with Crippen LogP contribution in [-0.4, -0.2) is 35.7 Å². The SMILES string of the molecule is Cc1cccc(C)c1NC(=O)CN(CC(=O)Nc1c(C)cccc1C)Cc1ccc(C(N)=O)cc1. The molecule has 0 saturated heterocycles. The number of aryl methyl sites for hydroxylation is 4. The first-order valence-electron chi connectivity index (χ1n) is 11.5. The van der Waals surface area contributed by atoms with Crippen molar-refractivity contribution < 1.29 is 14.4 Å². The zero-order valence-corrected chi connectivity index (χ0v) is 20.6. The fourth-order valence-corrected chi connectivity index (χ4v) is 3.99. The Hall–Kier alpha value is -3.97. The molecular formula is C28H32N4O3. The van der Waals surface area contributed by atoms with E-state index in [1.54, 1.807) is 29.2 Å². The van der Waals surface area contributed by atoms with Gasteiger partial charge in [-0.3, -0.25) is 19.3 Å². The van der Waals surface area contributed by atoms with Gasteiger partial charge in [-0.1, -0.05) is 48.5 Å². The maximum Gasteiger partial charge on any atom is 0.248 e. The van der Waals surface area contributed by atoms with E-state index in [1.807, 2.05) is 64.1 Å². The number of carbonyl (C=O) groups excluding carboxylic acids is 3. The van der Waals surface area contributed by atoms with Crippen LogP contribution in [-0.2, 0) is 16.1 Å². The summed E-state index contributed by atoms with van der Waals surface area (Å²) >= 11 is 0. The smallest absolute Gasteiger partial charge is 0.248 e. The minimum absolute atomic E-state index is 0.0194. The number of amides is 3. The first-order chi connectivity index (χ1) is 16.6. The molecule has 0 aromatic heterocycles. The molecule has 4 N–H and O–H groups in total. The highest BCUT2D eigenvalue weighted by Crippen LogP contribution is 2.21. The number of nitrogens with two attached hydrogens (primary N) is 1. The Morgan fingerprint density at radius 3 is 1.46 bits per heavy atom. The van der Waals surface area contributed by atoms with Gasteiger partial charge in [-0.2, -0.15) is 0 Å². The van der Waals surface area contributed by atoms with Crippen molar-refractivity contribution in [3.8, 4) is 0 Å². The van der Waals surface area contributed by atoms with Crippen molar-refractivity contribution in [3.05, 3.63) is 94.0 Å². The number of hydrogen-bond acceptors (Lipinski definition) is 4. The number of hydrogen-bond donors (Lipinski definition) is 3. The molecule has 7 nitrogen and oxygen atoms in total. The quantitative estimate of drug-likeness (QED) is 0.436. The molecule has 0 aliphatic carbocycles. The van der Waals surface area contributed by atoms with Crippen molar-refractivity contribution in [2.45, 2.75) is 34.2 Å². The summed E-state index contributed by atoms with van der Waals surface area (Å²) in [6.45, 7) is 8.16. The largest absolute Gasteiger partial charge is 0.366 e. The maximum atomic E-state index is 13.0. The molecule has 0 fully saturated rings. The number of carbonyl (C=O) groups is 3. The number of nitrogens with zero attached hydrogens (tertiary/aromatic N) is 1. The molecule has 0 radical (unpaired) electrons. The van der Waals surface area contributed by atoms with Gasteiger partial charge in [-0.05, 0) is 67.6 Å². The lowest BCUT2D eigenvalue weighted by atomic mass is 10.1. The van der Waals surface area contributed by atoms with E-state index < -0.39 is 5.91 Å². The number of para-hydroxylation sites is 2. The molecule has 3 aromatic rings. The topological polar surface area (TPSA) is 105 Å². The van der Waals surface area contributed by atoms with Crippen molar-refractivity contribution in [2.24, 2.45) is 5.73 Å². The second-order valence-corrected chi connectivity index (χ2v) is 8.84. The Kier molecular flexibility index (Phi) is 8.39. The molecule has 7 heteroatoms. The van der Waals surface area contributed by atoms with Gasteiger partial charge in [0, 0.05) is 23.5 Å². The molecule has 0 aliphatic heterocycles. The van der Waals surface area contributed by atoms with Crippen LogP contribution in [0.4, 0.5) is 11.4 Å². The molecule has 0 spiro atoms. The monoisotopic (exact) mass is 472 g/mol. The average Bonchev–Trinajstić information content (AvgIpc) is 2.79. The minimum Gasteiger partial charge on any atom is -0.366 e. The van der Waals surface area contributed by atoms with E-state index in [1.165, 1.54) is 0 Å². The van der Waals surface area contributed by atoms with Crippen molar-refractivity contribution in [1.29, 1.82) is 0 Å². The highest BCUT2D eigenvalue weighted by molar-refractivity contribution is 5.96. The molecule has 0 unspecified atom stereocenters. The lowest BCUT2D eigenvalue weighted by Crippen LogP contribution is -2.38. The van der Waals surface area contributed by atoms with Crippen LogP contribution >= 0.6 is 0 Å². The Morgan fingerprint density at radius 2 is 1.09 bits per heavy atom. The third-order valence-corrected chi connectivity index (χ3v) is 5.87. The van der Waals surface area contributed by atoms with Crippen molar-refractivity contribution in [1.82, 2.24) is 4.90 Å². The van der Waals surface area contributed by atoms with Gasteiger partial charge in [0.05, 0.1) is 13.1 Å². The summed E-state index contributed by atoms with van der Waals surface area (Å²) < 4.78 is 0. The van der Waals surface area contributed by atoms with Gasteiger partial charge in [0.25, 0.3) is 0 Å². The lowest BCUT2D eigenvalue weighted by molar-refractivity contribution is -0.120. The number of rotatable bonds is 9. The van der Waals surface area contributed by atoms with Crippen LogP contribution in [0.25, 0.3) is 0 Å². The van der Waals surface area contributed by atoms with E-state index in [0.717, 1.165) is 39.2 Å². The molecule has 3 amide bonds. The normalized spacial score (nSPS) is 10.8. The van der Waals surface area contributed by atoms with Crippen LogP contribution in [0.15, 0.2) is 60.7 Å². The van der Waals surface area contributed by atoms with Gasteiger partial charge >= 0.3 is 0 Å². The molecule has 0 bridgehead atoms. The highest BCUT2D eigenvalue weighted by Gasteiger charge is 2.18. The zero-order valence-electron chi connectivity index (χ0n) is 20.6. The van der Waals surface area contributed by atoms with E-state index >= 15 is 0 Å². The van der Waals surface area contributed by atoms with Gasteiger partial charge in [-0.25, -0.2) is 0 Å². The van der Waals surface area contributed by atoms with Gasteiger partial charge in [-0.15, -0.1) is 0 Å². The van der Waals surface area contributed by atoms with E-state index in [2.05, 4.69) is 10.6 Å². The Labute approximate surface area is 206 Å². The summed E-state index contributed by atoms with van der Waals surface area (Å²) in [5.41, 5.74) is 12.0. The Morgan fingerprint density at radius 1 is 0.686 bits per heavy atom. The molecule has 0 heterocycles. The summed E-state index contributed by atoms with van der Waals surface area (Å²) in [7, 11) is 0. The number of anilines is 2. The second-order valence-electron chi connectivity index (χ2n) is 8.84. The van der Waals surface area contributed by atoms with Crippen molar-refractivity contribution >= 4 is 29.1 Å². The van der Waals surface area contributed by atoms with Crippen LogP contribution in [0.5, 0.6) is 0 Å². The highest BCUT2D eigenvalue weighted by atomic mass is 16.2. The molecule has 35 heavy (non-hydrogen) atoms. The molecule has 3 aromatic carbocycles. The van der Waals surface area contributed by atoms with Crippen LogP contribution < -0.4 is 16.4 Å². The molecule has 0 aliphatic rings. The van der Waals surface area contributed by atoms with Gasteiger partial charge < -0.3 is 16.4 Å². The van der Waals surface area contributed by atoms with Gasteiger partial charge in [0.15, 0.2) is 0 Å². The average molecular weight is 473 g/mol. The van der Waals surface area contributed by atoms with E-state index in [9.17, 15) is 14.4 Å². The van der Waals surface area contributed by atoms with E-state index in [-0.39, 0.29) is 24.9 Å². The first kappa shape index (κ1) is 25.6. The number of benzene rings is 3. The summed E-state index contributed by atoms with van der Waals surface area (Å²) in [5.74, 6) is -0.929. The third kappa shape index (κ3) is 7.01. The Bertz CT molecular complexity index is 1130. The molecular weight excluding hydrogens is 440 g/mol. The fraction of sp³-hybridized carbons (Fsp3) is 0.250. The molecule has 182 valence electrons. The van der Waals surface area contributed by atoms with Crippen LogP contribution in [0.3, 0.4) is 0 Å². The molecule has 0 saturated carbocycles. The van der Waals surface area contributed by atoms with E-state index in [4.69, 9.17) is 5.73 Å². The molecule has 3 rings (SSSR count). The zero-order chi connectivity index (χ0) is 25.5. The summed E-state index contributed by atoms with van der Waals surface area (Å²) in [5, 5.41) is 5.97. The number of primary amides is 1. The predicted octanol–water partition coefficient (Wildman–Crippen LogP) is 4.10.